The van der Waals surface area contributed by atoms with Crippen molar-refractivity contribution in [3.05, 3.63) is 102 Å². The van der Waals surface area contributed by atoms with E-state index in [0.29, 0.717) is 0 Å². The van der Waals surface area contributed by atoms with E-state index in [1.165, 1.54) is 44.4 Å². The van der Waals surface area contributed by atoms with Crippen molar-refractivity contribution in [2.24, 2.45) is 11.8 Å². The molecule has 0 amide bonds. The van der Waals surface area contributed by atoms with Crippen LogP contribution >= 0.6 is 11.3 Å². The van der Waals surface area contributed by atoms with Gasteiger partial charge in [-0.3, -0.25) is 9.78 Å². The second kappa shape index (κ2) is 18.6. The number of fused-ring (bicyclic) bond motifs is 2. The van der Waals surface area contributed by atoms with Crippen molar-refractivity contribution in [3.8, 4) is 11.3 Å². The summed E-state index contributed by atoms with van der Waals surface area (Å²) in [5, 5.41) is 15.0. The van der Waals surface area contributed by atoms with Crippen molar-refractivity contribution in [2.45, 2.75) is 106 Å². The monoisotopic (exact) mass is 883 g/mol. The molecule has 5 rings (SSSR count). The van der Waals surface area contributed by atoms with E-state index >= 15 is 0 Å². The number of aliphatic hydroxyl groups excluding tert-OH is 1. The molecule has 0 atom stereocenters. The number of aliphatic hydroxyl groups is 1. The number of nitrogens with zero attached hydrogens (tertiary/aromatic N) is 1. The van der Waals surface area contributed by atoms with Gasteiger partial charge in [-0.05, 0) is 53.1 Å². The number of thiophene rings is 1. The molecule has 50 heavy (non-hydrogen) atoms. The SMILES string of the molecule is CCC(CC)C(=O)/C=C(\O)C(CC)CC.CC[Si](CC)(c1ccccc1)c1cc2ccnc(-c3[c-]c4ccccc4c(C(C)(C)C)c3)c2s1.[Ir]. The Morgan fingerprint density at radius 3 is 2.04 bits per heavy atom. The first kappa shape index (κ1) is 41.5. The van der Waals surface area contributed by atoms with Gasteiger partial charge in [0.2, 0.25) is 0 Å². The van der Waals surface area contributed by atoms with E-state index in [0.717, 1.165) is 42.3 Å². The summed E-state index contributed by atoms with van der Waals surface area (Å²) in [7, 11) is -1.81. The molecule has 0 aliphatic rings. The molecule has 1 N–H and O–H groups in total. The molecule has 0 bridgehead atoms. The zero-order valence-electron chi connectivity index (χ0n) is 31.5. The van der Waals surface area contributed by atoms with E-state index < -0.39 is 8.07 Å². The van der Waals surface area contributed by atoms with Crippen LogP contribution in [-0.2, 0) is 30.3 Å². The van der Waals surface area contributed by atoms with Gasteiger partial charge in [0.25, 0.3) is 0 Å². The Labute approximate surface area is 320 Å². The van der Waals surface area contributed by atoms with E-state index in [4.69, 9.17) is 4.98 Å². The van der Waals surface area contributed by atoms with E-state index in [-0.39, 0.29) is 48.9 Å². The number of aromatic nitrogens is 1. The molecule has 0 unspecified atom stereocenters. The molecule has 1 radical (unpaired) electrons. The summed E-state index contributed by atoms with van der Waals surface area (Å²) >= 11 is 1.97. The van der Waals surface area contributed by atoms with Gasteiger partial charge in [-0.2, -0.15) is 11.3 Å². The van der Waals surface area contributed by atoms with Crippen molar-refractivity contribution < 1.29 is 30.0 Å². The molecule has 5 aromatic rings. The van der Waals surface area contributed by atoms with E-state index in [2.05, 4.69) is 113 Å². The second-order valence-electron chi connectivity index (χ2n) is 14.2. The Morgan fingerprint density at radius 1 is 0.860 bits per heavy atom. The fraction of sp³-hybridized carbons (Fsp3) is 0.409. The van der Waals surface area contributed by atoms with Gasteiger partial charge in [0, 0.05) is 54.6 Å². The third-order valence-electron chi connectivity index (χ3n) is 10.4. The number of rotatable bonds is 12. The average molecular weight is 883 g/mol. The smallest absolute Gasteiger partial charge is 0.162 e. The van der Waals surface area contributed by atoms with Gasteiger partial charge in [0.1, 0.15) is 8.07 Å². The molecule has 6 heteroatoms. The van der Waals surface area contributed by atoms with Crippen LogP contribution in [0.3, 0.4) is 0 Å². The fourth-order valence-electron chi connectivity index (χ4n) is 7.06. The van der Waals surface area contributed by atoms with Gasteiger partial charge < -0.3 is 5.11 Å². The molecule has 0 spiro atoms. The molecular weight excluding hydrogens is 827 g/mol. The van der Waals surface area contributed by atoms with Crippen LogP contribution in [0.5, 0.6) is 0 Å². The number of benzene rings is 3. The summed E-state index contributed by atoms with van der Waals surface area (Å²) < 4.78 is 2.85. The zero-order chi connectivity index (χ0) is 35.8. The minimum absolute atomic E-state index is 0. The van der Waals surface area contributed by atoms with Crippen LogP contribution in [0.1, 0.15) is 93.6 Å². The Morgan fingerprint density at radius 2 is 1.46 bits per heavy atom. The largest absolute Gasteiger partial charge is 0.512 e. The zero-order valence-corrected chi connectivity index (χ0v) is 35.7. The molecule has 0 saturated carbocycles. The molecular formula is C44H56IrNO2SSi-. The van der Waals surface area contributed by atoms with Crippen molar-refractivity contribution in [1.82, 2.24) is 4.98 Å². The first-order chi connectivity index (χ1) is 23.5. The standard InChI is InChI=1S/C31H32NSSi.C13H24O2.Ir/c1-6-34(7-2,25-14-9-8-10-15-25)28-21-23-17-18-32-29(30(23)33-28)24-19-22-13-11-12-16-26(22)27(20-24)31(3,4)5;1-5-10(6-2)12(14)9-13(15)11(7-3)8-4;/h8-18,20-21H,6-7H2,1-5H3;9-11,14H,5-8H2,1-4H3;/q-1;;/b;12-9-;. The van der Waals surface area contributed by atoms with Gasteiger partial charge in [-0.1, -0.05) is 139 Å². The Balaban J connectivity index is 0.000000361. The predicted octanol–water partition coefficient (Wildman–Crippen LogP) is 11.7. The first-order valence-electron chi connectivity index (χ1n) is 18.3. The second-order valence-corrected chi connectivity index (χ2v) is 20.3. The van der Waals surface area contributed by atoms with Crippen molar-refractivity contribution in [2.75, 3.05) is 0 Å². The summed E-state index contributed by atoms with van der Waals surface area (Å²) in [5.41, 5.74) is 3.55. The van der Waals surface area contributed by atoms with Crippen LogP contribution in [0.2, 0.25) is 12.1 Å². The maximum Gasteiger partial charge on any atom is 0.162 e. The first-order valence-corrected chi connectivity index (χ1v) is 21.6. The van der Waals surface area contributed by atoms with E-state index in [1.807, 2.05) is 45.2 Å². The third kappa shape index (κ3) is 9.12. The minimum Gasteiger partial charge on any atom is -0.512 e. The quantitative estimate of drug-likeness (QED) is 0.0588. The fourth-order valence-corrected chi connectivity index (χ4v) is 13.8. The average Bonchev–Trinajstić information content (AvgIpc) is 3.55. The Bertz CT molecular complexity index is 1860. The number of ketones is 1. The van der Waals surface area contributed by atoms with Crippen molar-refractivity contribution in [3.63, 3.8) is 0 Å². The van der Waals surface area contributed by atoms with Crippen LogP contribution < -0.4 is 9.69 Å². The summed E-state index contributed by atoms with van der Waals surface area (Å²) in [6, 6.07) is 32.9. The van der Waals surface area contributed by atoms with Gasteiger partial charge in [0.15, 0.2) is 5.78 Å². The normalized spacial score (nSPS) is 12.3. The van der Waals surface area contributed by atoms with Crippen LogP contribution in [0.4, 0.5) is 0 Å². The van der Waals surface area contributed by atoms with Crippen LogP contribution in [0.15, 0.2) is 90.8 Å². The third-order valence-corrected chi connectivity index (χ3v) is 17.7. The van der Waals surface area contributed by atoms with Gasteiger partial charge in [-0.15, -0.1) is 29.1 Å². The topological polar surface area (TPSA) is 50.2 Å². The number of pyridine rings is 1. The van der Waals surface area contributed by atoms with E-state index in [9.17, 15) is 9.90 Å². The molecule has 2 aromatic heterocycles. The summed E-state index contributed by atoms with van der Waals surface area (Å²) in [5.74, 6) is 0.547. The number of carbonyl (C=O) groups is 1. The van der Waals surface area contributed by atoms with Gasteiger partial charge in [-0.25, -0.2) is 0 Å². The number of allylic oxidation sites excluding steroid dienone is 2. The number of hydrogen-bond acceptors (Lipinski definition) is 4. The van der Waals surface area contributed by atoms with Crippen LogP contribution in [-0.4, -0.2) is 23.9 Å². The van der Waals surface area contributed by atoms with Crippen molar-refractivity contribution >= 4 is 55.7 Å². The molecule has 2 heterocycles. The Hall–Kier alpha value is -2.89. The van der Waals surface area contributed by atoms with Gasteiger partial charge >= 0.3 is 0 Å². The minimum atomic E-state index is -1.81. The summed E-state index contributed by atoms with van der Waals surface area (Å²) in [6.07, 6.45) is 6.88. The van der Waals surface area contributed by atoms with Crippen LogP contribution in [0.25, 0.3) is 32.1 Å². The summed E-state index contributed by atoms with van der Waals surface area (Å²) in [4.78, 5) is 16.6. The molecule has 0 saturated heterocycles. The molecule has 269 valence electrons. The summed E-state index contributed by atoms with van der Waals surface area (Å²) in [6.45, 7) is 19.7. The molecule has 3 nitrogen and oxygen atoms in total. The number of carbonyl (C=O) groups excluding carboxylic acids is 1. The maximum absolute atomic E-state index is 11.7. The predicted molar refractivity (Wildman–Crippen MR) is 216 cm³/mol. The molecule has 0 fully saturated rings. The molecule has 0 aliphatic carbocycles. The van der Waals surface area contributed by atoms with Gasteiger partial charge in [0.05, 0.1) is 5.76 Å². The maximum atomic E-state index is 11.7. The molecule has 0 aliphatic heterocycles. The van der Waals surface area contributed by atoms with Crippen molar-refractivity contribution in [1.29, 1.82) is 0 Å². The molecule has 3 aromatic carbocycles. The van der Waals surface area contributed by atoms with Crippen LogP contribution in [0, 0.1) is 17.9 Å². The Kier molecular flexibility index (Phi) is 15.4. The van der Waals surface area contributed by atoms with E-state index in [1.54, 1.807) is 4.50 Å². The number of hydrogen-bond donors (Lipinski definition) is 1.